The summed E-state index contributed by atoms with van der Waals surface area (Å²) in [5.41, 5.74) is 5.53. The maximum Gasteiger partial charge on any atom is 0.186 e. The first-order valence-corrected chi connectivity index (χ1v) is 4.33. The Labute approximate surface area is 62.5 Å². The van der Waals surface area contributed by atoms with Crippen LogP contribution in [-0.4, -0.2) is 15.1 Å². The Hall–Kier alpha value is 0.0500. The smallest absolute Gasteiger partial charge is 0.186 e. The van der Waals surface area contributed by atoms with Gasteiger partial charge in [-0.2, -0.15) is 0 Å². The van der Waals surface area contributed by atoms with Crippen LogP contribution in [0.3, 0.4) is 0 Å². The minimum atomic E-state index is -2.03. The lowest BCUT2D eigenvalue weighted by molar-refractivity contribution is 0.418. The Kier molecular flexibility index (Phi) is 4.06. The highest BCUT2D eigenvalue weighted by atomic mass is 31.2. The minimum Gasteiger partial charge on any atom is -0.349 e. The van der Waals surface area contributed by atoms with Gasteiger partial charge in [-0.05, 0) is 19.8 Å². The molecular weight excluding hydrogens is 149 g/mol. The van der Waals surface area contributed by atoms with E-state index in [1.165, 1.54) is 0 Å². The van der Waals surface area contributed by atoms with Gasteiger partial charge >= 0.3 is 0 Å². The van der Waals surface area contributed by atoms with Gasteiger partial charge in [0.2, 0.25) is 0 Å². The van der Waals surface area contributed by atoms with Crippen molar-refractivity contribution in [3.8, 4) is 0 Å². The predicted octanol–water partition coefficient (Wildman–Crippen LogP) is 0.924. The Morgan fingerprint density at radius 2 is 2.20 bits per heavy atom. The van der Waals surface area contributed by atoms with Crippen molar-refractivity contribution in [2.45, 2.75) is 25.0 Å². The third-order valence-electron chi connectivity index (χ3n) is 1.31. The lowest BCUT2D eigenvalue weighted by Gasteiger charge is -2.24. The monoisotopic (exact) mass is 163 g/mol. The van der Waals surface area contributed by atoms with Crippen LogP contribution in [0.15, 0.2) is 12.7 Å². The lowest BCUT2D eigenvalue weighted by Crippen LogP contribution is -2.33. The molecule has 0 aliphatic carbocycles. The quantitative estimate of drug-likeness (QED) is 0.426. The van der Waals surface area contributed by atoms with Crippen molar-refractivity contribution in [1.82, 2.24) is 0 Å². The number of nitrogens with two attached hydrogens (primary N) is 1. The topological polar surface area (TPSA) is 66.5 Å². The molecule has 0 aromatic rings. The molecule has 10 heavy (non-hydrogen) atoms. The molecule has 4 heteroatoms. The zero-order valence-corrected chi connectivity index (χ0v) is 7.01. The van der Waals surface area contributed by atoms with E-state index < -0.39 is 13.7 Å². The Bertz CT molecular complexity index is 114. The van der Waals surface area contributed by atoms with Gasteiger partial charge < -0.3 is 15.5 Å². The second kappa shape index (κ2) is 4.04. The molecule has 1 atom stereocenters. The van der Waals surface area contributed by atoms with Crippen molar-refractivity contribution in [1.29, 1.82) is 0 Å². The second-order valence-corrected chi connectivity index (χ2v) is 4.07. The van der Waals surface area contributed by atoms with E-state index in [0.29, 0.717) is 12.8 Å². The molecule has 1 unspecified atom stereocenters. The van der Waals surface area contributed by atoms with Crippen molar-refractivity contribution >= 4 is 8.38 Å². The molecule has 0 bridgehead atoms. The van der Waals surface area contributed by atoms with E-state index in [2.05, 4.69) is 6.58 Å². The fraction of sp³-hybridized carbons (Fsp3) is 0.667. The van der Waals surface area contributed by atoms with Gasteiger partial charge in [0.15, 0.2) is 8.38 Å². The van der Waals surface area contributed by atoms with Crippen molar-refractivity contribution in [3.05, 3.63) is 12.7 Å². The Morgan fingerprint density at radius 3 is 2.50 bits per heavy atom. The van der Waals surface area contributed by atoms with Crippen LogP contribution < -0.4 is 5.73 Å². The van der Waals surface area contributed by atoms with E-state index in [4.69, 9.17) is 15.5 Å². The maximum absolute atomic E-state index is 8.77. The first kappa shape index (κ1) is 10.0. The van der Waals surface area contributed by atoms with Gasteiger partial charge in [-0.25, -0.2) is 0 Å². The number of rotatable bonds is 4. The molecule has 0 saturated heterocycles. The van der Waals surface area contributed by atoms with Crippen LogP contribution in [0.25, 0.3) is 0 Å². The average molecular weight is 163 g/mol. The highest BCUT2D eigenvalue weighted by Crippen LogP contribution is 2.40. The van der Waals surface area contributed by atoms with E-state index in [-0.39, 0.29) is 0 Å². The van der Waals surface area contributed by atoms with E-state index in [1.54, 1.807) is 13.0 Å². The molecule has 0 radical (unpaired) electrons. The van der Waals surface area contributed by atoms with Gasteiger partial charge in [-0.15, -0.1) is 6.58 Å². The van der Waals surface area contributed by atoms with Crippen LogP contribution in [0.2, 0.25) is 0 Å². The molecule has 3 nitrogen and oxygen atoms in total. The molecule has 0 fully saturated rings. The molecule has 0 aromatic carbocycles. The molecule has 0 spiro atoms. The van der Waals surface area contributed by atoms with E-state index in [9.17, 15) is 0 Å². The van der Waals surface area contributed by atoms with Crippen molar-refractivity contribution < 1.29 is 9.79 Å². The van der Waals surface area contributed by atoms with Crippen molar-refractivity contribution in [2.24, 2.45) is 5.73 Å². The number of hydrogen-bond acceptors (Lipinski definition) is 3. The Balaban J connectivity index is 3.74. The van der Waals surface area contributed by atoms with Crippen LogP contribution in [0.4, 0.5) is 0 Å². The molecular formula is C6H14NO2P. The number of hydrogen-bond donors (Lipinski definition) is 3. The first-order valence-electron chi connectivity index (χ1n) is 3.08. The second-order valence-electron chi connectivity index (χ2n) is 2.47. The lowest BCUT2D eigenvalue weighted by atomic mass is 10.2. The van der Waals surface area contributed by atoms with Gasteiger partial charge in [0.1, 0.15) is 0 Å². The minimum absolute atomic E-state index is 0.565. The van der Waals surface area contributed by atoms with Gasteiger partial charge in [-0.1, -0.05) is 6.08 Å². The normalized spacial score (nSPS) is 16.9. The number of allylic oxidation sites excluding steroid dienone is 1. The summed E-state index contributed by atoms with van der Waals surface area (Å²) < 4.78 is 0. The van der Waals surface area contributed by atoms with Gasteiger partial charge in [0.05, 0.1) is 5.28 Å². The molecule has 0 aliphatic heterocycles. The van der Waals surface area contributed by atoms with Crippen molar-refractivity contribution in [2.75, 3.05) is 0 Å². The summed E-state index contributed by atoms with van der Waals surface area (Å²) in [5, 5.41) is -0.844. The summed E-state index contributed by atoms with van der Waals surface area (Å²) in [6.45, 7) is 5.14. The molecule has 60 valence electrons. The molecule has 0 aromatic heterocycles. The van der Waals surface area contributed by atoms with E-state index >= 15 is 0 Å². The maximum atomic E-state index is 8.77. The van der Waals surface area contributed by atoms with Crippen LogP contribution in [0, 0.1) is 0 Å². The first-order chi connectivity index (χ1) is 4.50. The highest BCUT2D eigenvalue weighted by Gasteiger charge is 2.26. The molecule has 0 aliphatic rings. The highest BCUT2D eigenvalue weighted by molar-refractivity contribution is 7.46. The molecule has 0 amide bonds. The fourth-order valence-electron chi connectivity index (χ4n) is 0.494. The van der Waals surface area contributed by atoms with E-state index in [0.717, 1.165) is 0 Å². The summed E-state index contributed by atoms with van der Waals surface area (Å²) in [6.07, 6.45) is 2.99. The van der Waals surface area contributed by atoms with E-state index in [1.807, 2.05) is 0 Å². The summed E-state index contributed by atoms with van der Waals surface area (Å²) in [4.78, 5) is 17.5. The summed E-state index contributed by atoms with van der Waals surface area (Å²) >= 11 is 0. The summed E-state index contributed by atoms with van der Waals surface area (Å²) in [5.74, 6) is 0. The summed E-state index contributed by atoms with van der Waals surface area (Å²) in [7, 11) is -2.03. The predicted molar refractivity (Wildman–Crippen MR) is 43.4 cm³/mol. The third kappa shape index (κ3) is 3.28. The van der Waals surface area contributed by atoms with Crippen LogP contribution in [0.1, 0.15) is 19.8 Å². The van der Waals surface area contributed by atoms with Gasteiger partial charge in [0, 0.05) is 0 Å². The Morgan fingerprint density at radius 1 is 1.70 bits per heavy atom. The largest absolute Gasteiger partial charge is 0.349 e. The summed E-state index contributed by atoms with van der Waals surface area (Å²) in [6, 6.07) is 0. The fourth-order valence-corrected chi connectivity index (χ4v) is 0.823. The molecule has 0 rings (SSSR count). The van der Waals surface area contributed by atoms with Gasteiger partial charge in [0.25, 0.3) is 0 Å². The molecule has 0 saturated carbocycles. The van der Waals surface area contributed by atoms with Gasteiger partial charge in [-0.3, -0.25) is 0 Å². The van der Waals surface area contributed by atoms with Crippen LogP contribution in [0.5, 0.6) is 0 Å². The van der Waals surface area contributed by atoms with Crippen LogP contribution in [-0.2, 0) is 0 Å². The zero-order valence-electron chi connectivity index (χ0n) is 6.12. The van der Waals surface area contributed by atoms with Crippen molar-refractivity contribution in [3.63, 3.8) is 0 Å². The van der Waals surface area contributed by atoms with Crippen LogP contribution >= 0.6 is 8.38 Å². The SMILES string of the molecule is C=CCCC(C)(N)P(O)O. The third-order valence-corrected chi connectivity index (χ3v) is 2.45. The zero-order chi connectivity index (χ0) is 8.20. The average Bonchev–Trinajstić information content (AvgIpc) is 1.84. The molecule has 0 heterocycles. The molecule has 4 N–H and O–H groups in total. The standard InChI is InChI=1S/C6H14NO2P/c1-3-4-5-6(2,7)10(8)9/h3,8-9H,1,4-5,7H2,2H3.